The second kappa shape index (κ2) is 6.21. The van der Waals surface area contributed by atoms with Gasteiger partial charge in [-0.1, -0.05) is 45.9 Å². The monoisotopic (exact) mass is 250 g/mol. The van der Waals surface area contributed by atoms with Crippen LogP contribution in [-0.4, -0.2) is 7.11 Å². The predicted octanol–water partition coefficient (Wildman–Crippen LogP) is 3.27. The molecule has 18 heavy (non-hydrogen) atoms. The molecule has 1 rings (SSSR count). The zero-order valence-electron chi connectivity index (χ0n) is 12.2. The van der Waals surface area contributed by atoms with Crippen LogP contribution in [0.3, 0.4) is 0 Å². The van der Waals surface area contributed by atoms with Gasteiger partial charge in [-0.25, -0.2) is 0 Å². The molecule has 0 aliphatic heterocycles. The Morgan fingerprint density at radius 2 is 1.89 bits per heavy atom. The fraction of sp³-hybridized carbons (Fsp3) is 0.600. The standard InChI is InChI=1S/C15H26N2O/c1-11(15(2,3)4)10-13(17-16)12-8-6-7-9-14(12)18-5/h6-9,11,13,17H,10,16H2,1-5H3. The highest BCUT2D eigenvalue weighted by Crippen LogP contribution is 2.35. The number of hydrazine groups is 1. The van der Waals surface area contributed by atoms with Gasteiger partial charge in [0.15, 0.2) is 0 Å². The third-order valence-corrected chi connectivity index (χ3v) is 3.78. The van der Waals surface area contributed by atoms with E-state index < -0.39 is 0 Å². The summed E-state index contributed by atoms with van der Waals surface area (Å²) in [6, 6.07) is 8.16. The minimum atomic E-state index is 0.121. The number of hydrogen-bond acceptors (Lipinski definition) is 3. The first kappa shape index (κ1) is 15.0. The Labute approximate surface area is 111 Å². The Morgan fingerprint density at radius 1 is 1.28 bits per heavy atom. The molecular formula is C15H26N2O. The molecule has 2 atom stereocenters. The number of rotatable bonds is 5. The maximum atomic E-state index is 5.71. The van der Waals surface area contributed by atoms with Crippen molar-refractivity contribution in [2.75, 3.05) is 7.11 Å². The molecule has 3 nitrogen and oxygen atoms in total. The van der Waals surface area contributed by atoms with Gasteiger partial charge in [-0.15, -0.1) is 0 Å². The highest BCUT2D eigenvalue weighted by molar-refractivity contribution is 5.35. The van der Waals surface area contributed by atoms with Crippen LogP contribution in [0.2, 0.25) is 0 Å². The van der Waals surface area contributed by atoms with Crippen molar-refractivity contribution in [3.63, 3.8) is 0 Å². The van der Waals surface area contributed by atoms with Crippen molar-refractivity contribution >= 4 is 0 Å². The Kier molecular flexibility index (Phi) is 5.17. The third kappa shape index (κ3) is 3.72. The molecule has 0 bridgehead atoms. The van der Waals surface area contributed by atoms with Gasteiger partial charge < -0.3 is 4.74 Å². The van der Waals surface area contributed by atoms with Gasteiger partial charge in [0.1, 0.15) is 5.75 Å². The summed E-state index contributed by atoms with van der Waals surface area (Å²) >= 11 is 0. The van der Waals surface area contributed by atoms with E-state index in [9.17, 15) is 0 Å². The highest BCUT2D eigenvalue weighted by atomic mass is 16.5. The number of para-hydroxylation sites is 1. The maximum Gasteiger partial charge on any atom is 0.123 e. The van der Waals surface area contributed by atoms with Gasteiger partial charge in [0, 0.05) is 11.6 Å². The summed E-state index contributed by atoms with van der Waals surface area (Å²) in [5.41, 5.74) is 4.31. The lowest BCUT2D eigenvalue weighted by molar-refractivity contribution is 0.222. The fourth-order valence-electron chi connectivity index (χ4n) is 1.95. The van der Waals surface area contributed by atoms with Crippen LogP contribution in [-0.2, 0) is 0 Å². The van der Waals surface area contributed by atoms with Gasteiger partial charge in [-0.2, -0.15) is 0 Å². The van der Waals surface area contributed by atoms with Crippen LogP contribution in [0.15, 0.2) is 24.3 Å². The first-order chi connectivity index (χ1) is 8.40. The Balaban J connectivity index is 2.90. The highest BCUT2D eigenvalue weighted by Gasteiger charge is 2.25. The van der Waals surface area contributed by atoms with E-state index in [0.29, 0.717) is 5.92 Å². The minimum absolute atomic E-state index is 0.121. The van der Waals surface area contributed by atoms with Gasteiger partial charge in [0.25, 0.3) is 0 Å². The molecule has 0 aromatic heterocycles. The molecule has 1 aromatic rings. The number of nitrogens with two attached hydrogens (primary N) is 1. The number of methoxy groups -OCH3 is 1. The Hall–Kier alpha value is -1.06. The lowest BCUT2D eigenvalue weighted by atomic mass is 9.77. The SMILES string of the molecule is COc1ccccc1C(CC(C)C(C)(C)C)NN. The molecule has 0 aliphatic rings. The van der Waals surface area contributed by atoms with Crippen molar-refractivity contribution in [2.24, 2.45) is 17.2 Å². The van der Waals surface area contributed by atoms with Gasteiger partial charge in [0.2, 0.25) is 0 Å². The molecule has 0 spiro atoms. The molecule has 3 N–H and O–H groups in total. The van der Waals surface area contributed by atoms with Gasteiger partial charge in [-0.3, -0.25) is 11.3 Å². The summed E-state index contributed by atoms with van der Waals surface area (Å²) in [7, 11) is 1.69. The quantitative estimate of drug-likeness (QED) is 0.623. The second-order valence-corrected chi connectivity index (χ2v) is 5.96. The minimum Gasteiger partial charge on any atom is -0.496 e. The van der Waals surface area contributed by atoms with Crippen LogP contribution >= 0.6 is 0 Å². The van der Waals surface area contributed by atoms with Crippen LogP contribution in [0.5, 0.6) is 5.75 Å². The predicted molar refractivity (Wildman–Crippen MR) is 76.3 cm³/mol. The van der Waals surface area contributed by atoms with E-state index in [1.165, 1.54) is 0 Å². The second-order valence-electron chi connectivity index (χ2n) is 5.96. The van der Waals surface area contributed by atoms with Crippen molar-refractivity contribution < 1.29 is 4.74 Å². The lowest BCUT2D eigenvalue weighted by Crippen LogP contribution is -2.32. The Morgan fingerprint density at radius 3 is 2.39 bits per heavy atom. The first-order valence-electron chi connectivity index (χ1n) is 6.49. The zero-order chi connectivity index (χ0) is 13.8. The van der Waals surface area contributed by atoms with E-state index in [4.69, 9.17) is 10.6 Å². The largest absolute Gasteiger partial charge is 0.496 e. The first-order valence-corrected chi connectivity index (χ1v) is 6.49. The van der Waals surface area contributed by atoms with Gasteiger partial charge >= 0.3 is 0 Å². The molecule has 0 saturated carbocycles. The van der Waals surface area contributed by atoms with Gasteiger partial charge in [-0.05, 0) is 23.8 Å². The Bertz CT molecular complexity index is 371. The van der Waals surface area contributed by atoms with E-state index >= 15 is 0 Å². The summed E-state index contributed by atoms with van der Waals surface area (Å²) < 4.78 is 5.40. The van der Waals surface area contributed by atoms with Crippen molar-refractivity contribution in [1.82, 2.24) is 5.43 Å². The lowest BCUT2D eigenvalue weighted by Gasteiger charge is -2.31. The van der Waals surface area contributed by atoms with Crippen LogP contribution in [0.4, 0.5) is 0 Å². The molecule has 0 heterocycles. The molecule has 1 aromatic carbocycles. The molecule has 102 valence electrons. The smallest absolute Gasteiger partial charge is 0.123 e. The summed E-state index contributed by atoms with van der Waals surface area (Å²) in [5.74, 6) is 7.16. The molecule has 0 fully saturated rings. The van der Waals surface area contributed by atoms with E-state index in [-0.39, 0.29) is 11.5 Å². The number of nitrogens with one attached hydrogen (secondary N) is 1. The van der Waals surface area contributed by atoms with Gasteiger partial charge in [0.05, 0.1) is 7.11 Å². The van der Waals surface area contributed by atoms with Crippen molar-refractivity contribution in [3.8, 4) is 5.75 Å². The van der Waals surface area contributed by atoms with Crippen LogP contribution in [0, 0.1) is 11.3 Å². The molecule has 0 radical (unpaired) electrons. The summed E-state index contributed by atoms with van der Waals surface area (Å²) in [5, 5.41) is 0. The van der Waals surface area contributed by atoms with Crippen LogP contribution in [0.1, 0.15) is 45.7 Å². The topological polar surface area (TPSA) is 47.3 Å². The van der Waals surface area contributed by atoms with Crippen molar-refractivity contribution in [3.05, 3.63) is 29.8 Å². The van der Waals surface area contributed by atoms with Crippen LogP contribution in [0.25, 0.3) is 0 Å². The molecule has 0 aliphatic carbocycles. The van der Waals surface area contributed by atoms with Crippen molar-refractivity contribution in [1.29, 1.82) is 0 Å². The summed E-state index contributed by atoms with van der Waals surface area (Å²) in [6.45, 7) is 9.04. The van der Waals surface area contributed by atoms with E-state index in [1.54, 1.807) is 7.11 Å². The average molecular weight is 250 g/mol. The zero-order valence-corrected chi connectivity index (χ0v) is 12.2. The molecular weight excluding hydrogens is 224 g/mol. The summed E-state index contributed by atoms with van der Waals surface area (Å²) in [6.07, 6.45) is 0.986. The van der Waals surface area contributed by atoms with E-state index in [0.717, 1.165) is 17.7 Å². The summed E-state index contributed by atoms with van der Waals surface area (Å²) in [4.78, 5) is 0. The fourth-order valence-corrected chi connectivity index (χ4v) is 1.95. The van der Waals surface area contributed by atoms with E-state index in [2.05, 4.69) is 39.2 Å². The van der Waals surface area contributed by atoms with E-state index in [1.807, 2.05) is 18.2 Å². The maximum absolute atomic E-state index is 5.71. The third-order valence-electron chi connectivity index (χ3n) is 3.78. The number of benzene rings is 1. The number of hydrogen-bond donors (Lipinski definition) is 2. The molecule has 3 heteroatoms. The molecule has 2 unspecified atom stereocenters. The average Bonchev–Trinajstić information content (AvgIpc) is 2.34. The molecule has 0 saturated heterocycles. The normalized spacial score (nSPS) is 15.2. The van der Waals surface area contributed by atoms with Crippen molar-refractivity contribution in [2.45, 2.75) is 40.2 Å². The molecule has 0 amide bonds. The number of ether oxygens (including phenoxy) is 1. The van der Waals surface area contributed by atoms with Crippen LogP contribution < -0.4 is 16.0 Å².